The molecule has 0 spiro atoms. The molecule has 0 atom stereocenters. The van der Waals surface area contributed by atoms with E-state index in [4.69, 9.17) is 0 Å². The molecule has 0 saturated carbocycles. The summed E-state index contributed by atoms with van der Waals surface area (Å²) in [5, 5.41) is 11.4. The van der Waals surface area contributed by atoms with Gasteiger partial charge in [0, 0.05) is 51.5 Å². The van der Waals surface area contributed by atoms with Crippen molar-refractivity contribution in [1.29, 1.82) is 0 Å². The Morgan fingerprint density at radius 3 is 2.72 bits per heavy atom. The first-order valence-corrected chi connectivity index (χ1v) is 9.81. The quantitative estimate of drug-likeness (QED) is 0.797. The number of hydrogen-bond donors (Lipinski definition) is 1. The SMILES string of the molecule is CC(C)C(=O)NCCc1nnc2n1CCN(Cc1cccc(C(F)(F)F)c1)CC2. The lowest BCUT2D eigenvalue weighted by Crippen LogP contribution is -2.30. The van der Waals surface area contributed by atoms with Gasteiger partial charge in [-0.15, -0.1) is 10.2 Å². The first kappa shape index (κ1) is 21.3. The third-order valence-corrected chi connectivity index (χ3v) is 5.03. The van der Waals surface area contributed by atoms with E-state index in [1.54, 1.807) is 6.07 Å². The second-order valence-corrected chi connectivity index (χ2v) is 7.60. The van der Waals surface area contributed by atoms with E-state index in [9.17, 15) is 18.0 Å². The van der Waals surface area contributed by atoms with Crippen molar-refractivity contribution in [3.8, 4) is 0 Å². The summed E-state index contributed by atoms with van der Waals surface area (Å²) in [7, 11) is 0. The van der Waals surface area contributed by atoms with Crippen LogP contribution in [-0.4, -0.2) is 45.2 Å². The zero-order valence-corrected chi connectivity index (χ0v) is 16.7. The summed E-state index contributed by atoms with van der Waals surface area (Å²) in [5.74, 6) is 1.65. The van der Waals surface area contributed by atoms with Crippen molar-refractivity contribution in [3.63, 3.8) is 0 Å². The zero-order valence-electron chi connectivity index (χ0n) is 16.7. The van der Waals surface area contributed by atoms with Crippen LogP contribution in [0.3, 0.4) is 0 Å². The Bertz CT molecular complexity index is 847. The maximum atomic E-state index is 12.9. The molecule has 2 aromatic rings. The first-order valence-electron chi connectivity index (χ1n) is 9.81. The van der Waals surface area contributed by atoms with E-state index in [-0.39, 0.29) is 11.8 Å². The number of carbonyl (C=O) groups excluding carboxylic acids is 1. The van der Waals surface area contributed by atoms with Gasteiger partial charge >= 0.3 is 6.18 Å². The summed E-state index contributed by atoms with van der Waals surface area (Å²) in [6, 6.07) is 5.49. The van der Waals surface area contributed by atoms with E-state index in [0.29, 0.717) is 51.1 Å². The molecular formula is C20H26F3N5O. The number of halogens is 3. The standard InChI is InChI=1S/C20H26F3N5O/c1-14(2)19(29)24-8-6-17-25-26-18-7-9-27(10-11-28(17)18)13-15-4-3-5-16(12-15)20(21,22)23/h3-5,12,14H,6-11,13H2,1-2H3,(H,24,29). The summed E-state index contributed by atoms with van der Waals surface area (Å²) < 4.78 is 40.9. The maximum absolute atomic E-state index is 12.9. The van der Waals surface area contributed by atoms with Gasteiger partial charge in [-0.25, -0.2) is 0 Å². The lowest BCUT2D eigenvalue weighted by Gasteiger charge is -2.20. The van der Waals surface area contributed by atoms with E-state index in [0.717, 1.165) is 17.7 Å². The molecule has 0 aliphatic carbocycles. The molecule has 0 fully saturated rings. The van der Waals surface area contributed by atoms with Crippen molar-refractivity contribution in [2.24, 2.45) is 5.92 Å². The Morgan fingerprint density at radius 2 is 2.00 bits per heavy atom. The summed E-state index contributed by atoms with van der Waals surface area (Å²) >= 11 is 0. The van der Waals surface area contributed by atoms with Crippen LogP contribution in [0.4, 0.5) is 13.2 Å². The van der Waals surface area contributed by atoms with Crippen LogP contribution in [-0.2, 0) is 36.9 Å². The molecule has 1 aliphatic rings. The van der Waals surface area contributed by atoms with E-state index in [1.165, 1.54) is 12.1 Å². The zero-order chi connectivity index (χ0) is 21.0. The van der Waals surface area contributed by atoms with Gasteiger partial charge in [0.15, 0.2) is 0 Å². The van der Waals surface area contributed by atoms with Crippen LogP contribution < -0.4 is 5.32 Å². The summed E-state index contributed by atoms with van der Waals surface area (Å²) in [6.07, 6.45) is -3.05. The van der Waals surface area contributed by atoms with Gasteiger partial charge in [-0.3, -0.25) is 9.69 Å². The minimum Gasteiger partial charge on any atom is -0.355 e. The highest BCUT2D eigenvalue weighted by atomic mass is 19.4. The molecule has 0 bridgehead atoms. The number of amides is 1. The van der Waals surface area contributed by atoms with Crippen LogP contribution in [0.15, 0.2) is 24.3 Å². The Morgan fingerprint density at radius 1 is 1.21 bits per heavy atom. The Kier molecular flexibility index (Phi) is 6.56. The lowest BCUT2D eigenvalue weighted by atomic mass is 10.1. The highest BCUT2D eigenvalue weighted by Crippen LogP contribution is 2.29. The maximum Gasteiger partial charge on any atom is 0.416 e. The lowest BCUT2D eigenvalue weighted by molar-refractivity contribution is -0.137. The number of carbonyl (C=O) groups is 1. The van der Waals surface area contributed by atoms with Crippen molar-refractivity contribution >= 4 is 5.91 Å². The largest absolute Gasteiger partial charge is 0.416 e. The van der Waals surface area contributed by atoms with Crippen molar-refractivity contribution in [3.05, 3.63) is 47.0 Å². The first-order chi connectivity index (χ1) is 13.7. The Hall–Kier alpha value is -2.42. The number of nitrogens with one attached hydrogen (secondary N) is 1. The monoisotopic (exact) mass is 409 g/mol. The van der Waals surface area contributed by atoms with Crippen molar-refractivity contribution in [1.82, 2.24) is 25.0 Å². The number of aromatic nitrogens is 3. The minimum atomic E-state index is -4.33. The predicted molar refractivity (Wildman–Crippen MR) is 102 cm³/mol. The van der Waals surface area contributed by atoms with Crippen molar-refractivity contribution < 1.29 is 18.0 Å². The molecule has 1 aromatic carbocycles. The summed E-state index contributed by atoms with van der Waals surface area (Å²) in [6.45, 7) is 6.74. The highest BCUT2D eigenvalue weighted by molar-refractivity contribution is 5.77. The summed E-state index contributed by atoms with van der Waals surface area (Å²) in [5.41, 5.74) is 0.0294. The average Bonchev–Trinajstić information content (AvgIpc) is 2.93. The van der Waals surface area contributed by atoms with Gasteiger partial charge < -0.3 is 9.88 Å². The summed E-state index contributed by atoms with van der Waals surface area (Å²) in [4.78, 5) is 13.8. The fourth-order valence-corrected chi connectivity index (χ4v) is 3.38. The molecule has 3 rings (SSSR count). The molecule has 0 radical (unpaired) electrons. The molecular weight excluding hydrogens is 383 g/mol. The van der Waals surface area contributed by atoms with E-state index in [2.05, 4.69) is 25.0 Å². The average molecular weight is 409 g/mol. The highest BCUT2D eigenvalue weighted by Gasteiger charge is 2.30. The molecule has 0 unspecified atom stereocenters. The number of rotatable bonds is 6. The van der Waals surface area contributed by atoms with Crippen molar-refractivity contribution in [2.45, 2.75) is 46.0 Å². The third-order valence-electron chi connectivity index (χ3n) is 5.03. The smallest absolute Gasteiger partial charge is 0.355 e. The molecule has 2 heterocycles. The molecule has 1 aliphatic heterocycles. The molecule has 9 heteroatoms. The third kappa shape index (κ3) is 5.56. The number of hydrogen-bond acceptors (Lipinski definition) is 4. The fourth-order valence-electron chi connectivity index (χ4n) is 3.38. The van der Waals surface area contributed by atoms with Crippen LogP contribution in [0.1, 0.15) is 36.6 Å². The van der Waals surface area contributed by atoms with Gasteiger partial charge in [-0.05, 0) is 11.6 Å². The van der Waals surface area contributed by atoms with Crippen molar-refractivity contribution in [2.75, 3.05) is 19.6 Å². The molecule has 158 valence electrons. The second kappa shape index (κ2) is 8.94. The minimum absolute atomic E-state index is 0.00728. The Labute approximate surface area is 168 Å². The van der Waals surface area contributed by atoms with Gasteiger partial charge in [0.25, 0.3) is 0 Å². The van der Waals surface area contributed by atoms with Crippen LogP contribution in [0.5, 0.6) is 0 Å². The van der Waals surface area contributed by atoms with E-state index in [1.807, 2.05) is 13.8 Å². The van der Waals surface area contributed by atoms with Crippen LogP contribution in [0.25, 0.3) is 0 Å². The normalized spacial score (nSPS) is 15.2. The predicted octanol–water partition coefficient (Wildman–Crippen LogP) is 2.67. The molecule has 0 saturated heterocycles. The van der Waals surface area contributed by atoms with Crippen LogP contribution in [0.2, 0.25) is 0 Å². The molecule has 1 N–H and O–H groups in total. The van der Waals surface area contributed by atoms with Gasteiger partial charge in [-0.1, -0.05) is 32.0 Å². The topological polar surface area (TPSA) is 63.1 Å². The Balaban J connectivity index is 1.58. The van der Waals surface area contributed by atoms with Crippen LogP contribution >= 0.6 is 0 Å². The number of fused-ring (bicyclic) bond motifs is 1. The molecule has 6 nitrogen and oxygen atoms in total. The van der Waals surface area contributed by atoms with Gasteiger partial charge in [0.1, 0.15) is 11.6 Å². The molecule has 1 aromatic heterocycles. The van der Waals surface area contributed by atoms with E-state index < -0.39 is 11.7 Å². The number of benzene rings is 1. The van der Waals surface area contributed by atoms with Gasteiger partial charge in [-0.2, -0.15) is 13.2 Å². The van der Waals surface area contributed by atoms with Gasteiger partial charge in [0.05, 0.1) is 5.56 Å². The molecule has 29 heavy (non-hydrogen) atoms. The molecule has 1 amide bonds. The second-order valence-electron chi connectivity index (χ2n) is 7.60. The number of nitrogens with zero attached hydrogens (tertiary/aromatic N) is 4. The fraction of sp³-hybridized carbons (Fsp3) is 0.550. The van der Waals surface area contributed by atoms with E-state index >= 15 is 0 Å². The van der Waals surface area contributed by atoms with Crippen LogP contribution in [0, 0.1) is 5.92 Å². The number of alkyl halides is 3. The van der Waals surface area contributed by atoms with Gasteiger partial charge in [0.2, 0.25) is 5.91 Å².